The maximum atomic E-state index is 11.5. The van der Waals surface area contributed by atoms with Crippen molar-refractivity contribution < 1.29 is 4.79 Å². The summed E-state index contributed by atoms with van der Waals surface area (Å²) in [6.45, 7) is 2.66. The van der Waals surface area contributed by atoms with Crippen LogP contribution in [0, 0.1) is 5.92 Å². The molecule has 2 aromatic rings. The van der Waals surface area contributed by atoms with E-state index in [9.17, 15) is 4.79 Å². The number of likely N-dealkylation sites (tertiary alicyclic amines) is 1. The van der Waals surface area contributed by atoms with Crippen molar-refractivity contribution >= 4 is 5.91 Å². The highest BCUT2D eigenvalue weighted by atomic mass is 16.1. The molecular weight excluding hydrogens is 286 g/mol. The predicted molar refractivity (Wildman–Crippen MR) is 90.9 cm³/mol. The highest BCUT2D eigenvalue weighted by molar-refractivity contribution is 5.79. The maximum Gasteiger partial charge on any atom is 0.225 e. The van der Waals surface area contributed by atoms with Crippen molar-refractivity contribution in [1.82, 2.24) is 15.2 Å². The van der Waals surface area contributed by atoms with E-state index in [1.165, 1.54) is 16.7 Å². The van der Waals surface area contributed by atoms with Crippen molar-refractivity contribution in [2.45, 2.75) is 19.4 Å². The van der Waals surface area contributed by atoms with Gasteiger partial charge in [-0.05, 0) is 41.7 Å². The molecule has 4 heteroatoms. The zero-order valence-corrected chi connectivity index (χ0v) is 13.5. The molecule has 120 valence electrons. The highest BCUT2D eigenvalue weighted by Crippen LogP contribution is 2.19. The van der Waals surface area contributed by atoms with Crippen LogP contribution in [0.3, 0.4) is 0 Å². The third-order valence-corrected chi connectivity index (χ3v) is 4.46. The van der Waals surface area contributed by atoms with Gasteiger partial charge in [0.05, 0.1) is 5.92 Å². The zero-order chi connectivity index (χ0) is 16.1. The van der Waals surface area contributed by atoms with Crippen LogP contribution in [0.2, 0.25) is 0 Å². The Morgan fingerprint density at radius 3 is 2.22 bits per heavy atom. The monoisotopic (exact) mass is 309 g/mol. The fourth-order valence-corrected chi connectivity index (χ4v) is 2.98. The predicted octanol–water partition coefficient (Wildman–Crippen LogP) is 2.04. The summed E-state index contributed by atoms with van der Waals surface area (Å²) in [5.74, 6) is 0.326. The molecule has 0 atom stereocenters. The summed E-state index contributed by atoms with van der Waals surface area (Å²) in [4.78, 5) is 17.8. The Hall–Kier alpha value is -2.20. The molecule has 1 fully saturated rings. The number of hydrogen-bond acceptors (Lipinski definition) is 3. The second kappa shape index (κ2) is 7.38. The Balaban J connectivity index is 1.45. The molecule has 1 saturated heterocycles. The summed E-state index contributed by atoms with van der Waals surface area (Å²) in [5, 5.41) is 2.72. The number of aryl methyl sites for hydroxylation is 2. The Kier molecular flexibility index (Phi) is 5.03. The number of nitrogens with one attached hydrogen (secondary N) is 1. The fraction of sp³-hybridized carbons (Fsp3) is 0.368. The Bertz CT molecular complexity index is 633. The normalized spacial score (nSPS) is 15.2. The third-order valence-electron chi connectivity index (χ3n) is 4.46. The van der Waals surface area contributed by atoms with Crippen LogP contribution in [0.4, 0.5) is 0 Å². The van der Waals surface area contributed by atoms with Gasteiger partial charge in [0, 0.05) is 39.1 Å². The molecule has 1 aliphatic rings. The van der Waals surface area contributed by atoms with E-state index in [-0.39, 0.29) is 11.8 Å². The van der Waals surface area contributed by atoms with Gasteiger partial charge in [-0.3, -0.25) is 14.7 Å². The van der Waals surface area contributed by atoms with Gasteiger partial charge in [0.1, 0.15) is 0 Å². The minimum Gasteiger partial charge on any atom is -0.359 e. The number of hydrogen-bond donors (Lipinski definition) is 1. The first-order chi connectivity index (χ1) is 11.2. The summed E-state index contributed by atoms with van der Waals surface area (Å²) < 4.78 is 0. The molecule has 0 saturated carbocycles. The largest absolute Gasteiger partial charge is 0.359 e. The van der Waals surface area contributed by atoms with E-state index < -0.39 is 0 Å². The number of pyridine rings is 1. The number of rotatable bonds is 6. The molecule has 0 spiro atoms. The summed E-state index contributed by atoms with van der Waals surface area (Å²) >= 11 is 0. The molecule has 1 aromatic heterocycles. The van der Waals surface area contributed by atoms with Gasteiger partial charge in [0.2, 0.25) is 5.91 Å². The quantitative estimate of drug-likeness (QED) is 0.888. The fourth-order valence-electron chi connectivity index (χ4n) is 2.98. The lowest BCUT2D eigenvalue weighted by atomic mass is 9.98. The van der Waals surface area contributed by atoms with Gasteiger partial charge in [-0.25, -0.2) is 0 Å². The second-order valence-electron chi connectivity index (χ2n) is 6.18. The number of carbonyl (C=O) groups excluding carboxylic acids is 1. The van der Waals surface area contributed by atoms with Crippen molar-refractivity contribution in [3.05, 3.63) is 65.5 Å². The lowest BCUT2D eigenvalue weighted by molar-refractivity contribution is -0.129. The molecule has 3 rings (SSSR count). The lowest BCUT2D eigenvalue weighted by Gasteiger charge is -2.38. The molecule has 0 aliphatic carbocycles. The smallest absolute Gasteiger partial charge is 0.225 e. The van der Waals surface area contributed by atoms with E-state index in [0.717, 1.165) is 32.5 Å². The van der Waals surface area contributed by atoms with Crippen LogP contribution in [0.5, 0.6) is 0 Å². The molecule has 0 bridgehead atoms. The van der Waals surface area contributed by atoms with Crippen LogP contribution in [0.15, 0.2) is 48.8 Å². The summed E-state index contributed by atoms with van der Waals surface area (Å²) in [6, 6.07) is 13.0. The number of aromatic nitrogens is 1. The van der Waals surface area contributed by atoms with Crippen LogP contribution in [0.1, 0.15) is 16.7 Å². The van der Waals surface area contributed by atoms with Gasteiger partial charge >= 0.3 is 0 Å². The summed E-state index contributed by atoms with van der Waals surface area (Å²) in [5.41, 5.74) is 4.00. The molecule has 0 radical (unpaired) electrons. The minimum absolute atomic E-state index is 0.160. The molecule has 2 heterocycles. The van der Waals surface area contributed by atoms with Gasteiger partial charge < -0.3 is 5.32 Å². The Morgan fingerprint density at radius 2 is 1.61 bits per heavy atom. The number of nitrogens with zero attached hydrogens (tertiary/aromatic N) is 2. The summed E-state index contributed by atoms with van der Waals surface area (Å²) in [6.07, 6.45) is 5.78. The lowest BCUT2D eigenvalue weighted by Crippen LogP contribution is -2.52. The van der Waals surface area contributed by atoms with E-state index in [4.69, 9.17) is 0 Å². The van der Waals surface area contributed by atoms with E-state index in [1.807, 2.05) is 12.4 Å². The SMILES string of the molecule is CNC(=O)C1CN(Cc2ccc(CCc3ccncc3)cc2)C1. The first kappa shape index (κ1) is 15.7. The van der Waals surface area contributed by atoms with Crippen LogP contribution >= 0.6 is 0 Å². The van der Waals surface area contributed by atoms with Crippen LogP contribution < -0.4 is 5.32 Å². The zero-order valence-electron chi connectivity index (χ0n) is 13.5. The topological polar surface area (TPSA) is 45.2 Å². The van der Waals surface area contributed by atoms with Gasteiger partial charge in [-0.1, -0.05) is 24.3 Å². The molecule has 4 nitrogen and oxygen atoms in total. The molecule has 1 aliphatic heterocycles. The molecule has 1 amide bonds. The van der Waals surface area contributed by atoms with Crippen LogP contribution in [0.25, 0.3) is 0 Å². The van der Waals surface area contributed by atoms with E-state index in [2.05, 4.69) is 51.6 Å². The average molecular weight is 309 g/mol. The van der Waals surface area contributed by atoms with Crippen molar-refractivity contribution in [2.75, 3.05) is 20.1 Å². The second-order valence-corrected chi connectivity index (χ2v) is 6.18. The summed E-state index contributed by atoms with van der Waals surface area (Å²) in [7, 11) is 1.70. The van der Waals surface area contributed by atoms with Gasteiger partial charge in [0.25, 0.3) is 0 Å². The van der Waals surface area contributed by atoms with Crippen LogP contribution in [-0.4, -0.2) is 35.9 Å². The minimum atomic E-state index is 0.160. The van der Waals surface area contributed by atoms with E-state index >= 15 is 0 Å². The van der Waals surface area contributed by atoms with Gasteiger partial charge in [-0.2, -0.15) is 0 Å². The van der Waals surface area contributed by atoms with Crippen LogP contribution in [-0.2, 0) is 24.2 Å². The molecule has 23 heavy (non-hydrogen) atoms. The van der Waals surface area contributed by atoms with Crippen molar-refractivity contribution in [3.8, 4) is 0 Å². The molecule has 1 N–H and O–H groups in total. The van der Waals surface area contributed by atoms with Crippen molar-refractivity contribution in [3.63, 3.8) is 0 Å². The van der Waals surface area contributed by atoms with E-state index in [0.29, 0.717) is 0 Å². The molecular formula is C19H23N3O. The average Bonchev–Trinajstić information content (AvgIpc) is 2.57. The first-order valence-electron chi connectivity index (χ1n) is 8.15. The van der Waals surface area contributed by atoms with Crippen molar-refractivity contribution in [2.24, 2.45) is 5.92 Å². The standard InChI is InChI=1S/C19H23N3O/c1-20-19(23)18-13-22(14-18)12-17-6-4-15(5-7-17)2-3-16-8-10-21-11-9-16/h4-11,18H,2-3,12-14H2,1H3,(H,20,23). The van der Waals surface area contributed by atoms with Gasteiger partial charge in [-0.15, -0.1) is 0 Å². The third kappa shape index (κ3) is 4.17. The Labute approximate surface area is 137 Å². The highest BCUT2D eigenvalue weighted by Gasteiger charge is 2.31. The molecule has 0 unspecified atom stereocenters. The van der Waals surface area contributed by atoms with Gasteiger partial charge in [0.15, 0.2) is 0 Å². The number of carbonyl (C=O) groups is 1. The van der Waals surface area contributed by atoms with E-state index in [1.54, 1.807) is 7.05 Å². The number of benzene rings is 1. The first-order valence-corrected chi connectivity index (χ1v) is 8.15. The maximum absolute atomic E-state index is 11.5. The number of amides is 1. The molecule has 1 aromatic carbocycles. The Morgan fingerprint density at radius 1 is 1.04 bits per heavy atom. The van der Waals surface area contributed by atoms with Crippen molar-refractivity contribution in [1.29, 1.82) is 0 Å².